The van der Waals surface area contributed by atoms with Crippen molar-refractivity contribution in [3.8, 4) is 11.5 Å². The van der Waals surface area contributed by atoms with Gasteiger partial charge in [0.2, 0.25) is 0 Å². The minimum absolute atomic E-state index is 0.0754. The Hall–Kier alpha value is -2.60. The molecular weight excluding hydrogens is 301 g/mol. The lowest BCUT2D eigenvalue weighted by atomic mass is 10.1. The Morgan fingerprint density at radius 2 is 2.13 bits per heavy atom. The van der Waals surface area contributed by atoms with Gasteiger partial charge in [0.15, 0.2) is 6.79 Å². The van der Waals surface area contributed by atoms with Gasteiger partial charge in [0.05, 0.1) is 12.2 Å². The summed E-state index contributed by atoms with van der Waals surface area (Å²) in [5, 5.41) is 12.4. The van der Waals surface area contributed by atoms with Gasteiger partial charge in [-0.1, -0.05) is 12.1 Å². The monoisotopic (exact) mass is 317 g/mol. The molecule has 0 aromatic heterocycles. The number of carbonyl (C=O) groups is 1. The zero-order valence-corrected chi connectivity index (χ0v) is 12.3. The van der Waals surface area contributed by atoms with Crippen molar-refractivity contribution in [1.82, 2.24) is 5.32 Å². The van der Waals surface area contributed by atoms with Crippen LogP contribution in [0.5, 0.6) is 11.5 Å². The molecule has 0 atom stereocenters. The SMILES string of the molecule is O=C(NCCc1cc(F)cc2c1OCOC2)c1ccccc1O. The fraction of sp³-hybridized carbons (Fsp3) is 0.235. The number of fused-ring (bicyclic) bond motifs is 1. The fourth-order valence-electron chi connectivity index (χ4n) is 2.51. The molecule has 0 bridgehead atoms. The Kier molecular flexibility index (Phi) is 4.43. The zero-order chi connectivity index (χ0) is 16.2. The molecule has 0 unspecified atom stereocenters. The molecule has 1 amide bonds. The van der Waals surface area contributed by atoms with Crippen LogP contribution in [-0.4, -0.2) is 24.4 Å². The van der Waals surface area contributed by atoms with Crippen LogP contribution >= 0.6 is 0 Å². The van der Waals surface area contributed by atoms with Gasteiger partial charge in [-0.15, -0.1) is 0 Å². The molecule has 0 aliphatic carbocycles. The molecule has 2 aromatic rings. The number of nitrogens with one attached hydrogen (secondary N) is 1. The number of phenols is 1. The van der Waals surface area contributed by atoms with Crippen molar-refractivity contribution in [3.05, 3.63) is 58.9 Å². The normalized spacial score (nSPS) is 13.1. The third kappa shape index (κ3) is 3.43. The van der Waals surface area contributed by atoms with Crippen molar-refractivity contribution >= 4 is 5.91 Å². The molecule has 6 heteroatoms. The molecular formula is C17H16FNO4. The predicted octanol–water partition coefficient (Wildman–Crippen LogP) is 2.37. The molecule has 1 aliphatic rings. The second-order valence-corrected chi connectivity index (χ2v) is 5.19. The lowest BCUT2D eigenvalue weighted by molar-refractivity contribution is -0.0172. The van der Waals surface area contributed by atoms with E-state index < -0.39 is 0 Å². The van der Waals surface area contributed by atoms with Crippen molar-refractivity contribution in [2.45, 2.75) is 13.0 Å². The highest BCUT2D eigenvalue weighted by Gasteiger charge is 2.17. The van der Waals surface area contributed by atoms with Crippen LogP contribution in [-0.2, 0) is 17.8 Å². The summed E-state index contributed by atoms with van der Waals surface area (Å²) in [4.78, 5) is 12.0. The maximum Gasteiger partial charge on any atom is 0.255 e. The molecule has 120 valence electrons. The standard InChI is InChI=1S/C17H16FNO4/c18-13-7-11(16-12(8-13)9-22-10-23-16)5-6-19-17(21)14-3-1-2-4-15(14)20/h1-4,7-8,20H,5-6,9-10H2,(H,19,21). The number of phenolic OH excluding ortho intramolecular Hbond substituents is 1. The number of rotatable bonds is 4. The highest BCUT2D eigenvalue weighted by Crippen LogP contribution is 2.29. The van der Waals surface area contributed by atoms with Gasteiger partial charge in [-0.05, 0) is 36.2 Å². The highest BCUT2D eigenvalue weighted by atomic mass is 19.1. The summed E-state index contributed by atoms with van der Waals surface area (Å²) in [6.07, 6.45) is 0.416. The van der Waals surface area contributed by atoms with Crippen molar-refractivity contribution in [2.24, 2.45) is 0 Å². The van der Waals surface area contributed by atoms with Crippen molar-refractivity contribution in [2.75, 3.05) is 13.3 Å². The Labute approximate surface area is 132 Å². The number of aromatic hydroxyl groups is 1. The average Bonchev–Trinajstić information content (AvgIpc) is 2.55. The van der Waals surface area contributed by atoms with Crippen LogP contribution in [0.3, 0.4) is 0 Å². The summed E-state index contributed by atoms with van der Waals surface area (Å²) in [7, 11) is 0. The first kappa shape index (κ1) is 15.3. The Morgan fingerprint density at radius 1 is 1.30 bits per heavy atom. The van der Waals surface area contributed by atoms with Crippen molar-refractivity contribution in [3.63, 3.8) is 0 Å². The summed E-state index contributed by atoms with van der Waals surface area (Å²) in [5.74, 6) is -0.194. The molecule has 1 aliphatic heterocycles. The van der Waals surface area contributed by atoms with Crippen LogP contribution in [0.15, 0.2) is 36.4 Å². The smallest absolute Gasteiger partial charge is 0.255 e. The number of para-hydroxylation sites is 1. The summed E-state index contributed by atoms with van der Waals surface area (Å²) in [5.41, 5.74) is 1.55. The molecule has 1 heterocycles. The summed E-state index contributed by atoms with van der Waals surface area (Å²) >= 11 is 0. The molecule has 3 rings (SSSR count). The van der Waals surface area contributed by atoms with E-state index in [4.69, 9.17) is 9.47 Å². The quantitative estimate of drug-likeness (QED) is 0.908. The van der Waals surface area contributed by atoms with Crippen molar-refractivity contribution in [1.29, 1.82) is 0 Å². The number of carbonyl (C=O) groups excluding carboxylic acids is 1. The highest BCUT2D eigenvalue weighted by molar-refractivity contribution is 5.96. The molecule has 23 heavy (non-hydrogen) atoms. The number of halogens is 1. The minimum Gasteiger partial charge on any atom is -0.507 e. The van der Waals surface area contributed by atoms with E-state index in [0.717, 1.165) is 0 Å². The van der Waals surface area contributed by atoms with Gasteiger partial charge in [0.1, 0.15) is 17.3 Å². The van der Waals surface area contributed by atoms with E-state index in [-0.39, 0.29) is 29.8 Å². The van der Waals surface area contributed by atoms with Crippen LogP contribution in [0, 0.1) is 5.82 Å². The van der Waals surface area contributed by atoms with E-state index in [1.807, 2.05) is 0 Å². The minimum atomic E-state index is -0.377. The van der Waals surface area contributed by atoms with Gasteiger partial charge < -0.3 is 19.9 Å². The third-order valence-electron chi connectivity index (χ3n) is 3.58. The van der Waals surface area contributed by atoms with Gasteiger partial charge in [-0.2, -0.15) is 0 Å². The molecule has 0 saturated heterocycles. The lowest BCUT2D eigenvalue weighted by Gasteiger charge is -2.21. The van der Waals surface area contributed by atoms with Gasteiger partial charge in [0, 0.05) is 12.1 Å². The lowest BCUT2D eigenvalue weighted by Crippen LogP contribution is -2.26. The second kappa shape index (κ2) is 6.66. The van der Waals surface area contributed by atoms with E-state index in [9.17, 15) is 14.3 Å². The molecule has 0 radical (unpaired) electrons. The van der Waals surface area contributed by atoms with Crippen LogP contribution < -0.4 is 10.1 Å². The van der Waals surface area contributed by atoms with E-state index >= 15 is 0 Å². The molecule has 2 N–H and O–H groups in total. The van der Waals surface area contributed by atoms with E-state index in [1.165, 1.54) is 24.3 Å². The Balaban J connectivity index is 1.66. The van der Waals surface area contributed by atoms with Gasteiger partial charge >= 0.3 is 0 Å². The zero-order valence-electron chi connectivity index (χ0n) is 12.3. The average molecular weight is 317 g/mol. The molecule has 0 spiro atoms. The van der Waals surface area contributed by atoms with Crippen LogP contribution in [0.1, 0.15) is 21.5 Å². The summed E-state index contributed by atoms with van der Waals surface area (Å²) < 4.78 is 24.2. The van der Waals surface area contributed by atoms with Crippen LogP contribution in [0.25, 0.3) is 0 Å². The Bertz CT molecular complexity index is 733. The maximum absolute atomic E-state index is 13.6. The van der Waals surface area contributed by atoms with Crippen molar-refractivity contribution < 1.29 is 23.8 Å². The summed E-state index contributed by atoms with van der Waals surface area (Å²) in [6, 6.07) is 9.09. The van der Waals surface area contributed by atoms with Crippen LogP contribution in [0.4, 0.5) is 4.39 Å². The van der Waals surface area contributed by atoms with E-state index in [0.29, 0.717) is 36.4 Å². The van der Waals surface area contributed by atoms with Gasteiger partial charge in [0.25, 0.3) is 5.91 Å². The number of amides is 1. The number of benzene rings is 2. The second-order valence-electron chi connectivity index (χ2n) is 5.19. The first-order chi connectivity index (χ1) is 11.1. The number of ether oxygens (including phenoxy) is 2. The first-order valence-electron chi connectivity index (χ1n) is 7.23. The molecule has 2 aromatic carbocycles. The van der Waals surface area contributed by atoms with E-state index in [1.54, 1.807) is 12.1 Å². The molecule has 0 saturated carbocycles. The predicted molar refractivity (Wildman–Crippen MR) is 80.8 cm³/mol. The Morgan fingerprint density at radius 3 is 2.96 bits per heavy atom. The molecule has 0 fully saturated rings. The van der Waals surface area contributed by atoms with Gasteiger partial charge in [-0.3, -0.25) is 4.79 Å². The maximum atomic E-state index is 13.6. The summed E-state index contributed by atoms with van der Waals surface area (Å²) in [6.45, 7) is 0.744. The fourth-order valence-corrected chi connectivity index (χ4v) is 2.51. The first-order valence-corrected chi connectivity index (χ1v) is 7.23. The molecule has 5 nitrogen and oxygen atoms in total. The number of hydrogen-bond acceptors (Lipinski definition) is 4. The van der Waals surface area contributed by atoms with E-state index in [2.05, 4.69) is 5.32 Å². The third-order valence-corrected chi connectivity index (χ3v) is 3.58. The van der Waals surface area contributed by atoms with Crippen LogP contribution in [0.2, 0.25) is 0 Å². The topological polar surface area (TPSA) is 67.8 Å². The van der Waals surface area contributed by atoms with Gasteiger partial charge in [-0.25, -0.2) is 4.39 Å². The number of hydrogen-bond donors (Lipinski definition) is 2. The largest absolute Gasteiger partial charge is 0.507 e.